The molecule has 0 aliphatic rings. The molecule has 0 spiro atoms. The molecule has 1 aromatic heterocycles. The van der Waals surface area contributed by atoms with Gasteiger partial charge in [0.15, 0.2) is 17.5 Å². The number of hydrogen-bond donors (Lipinski definition) is 2. The van der Waals surface area contributed by atoms with Gasteiger partial charge in [-0.15, -0.1) is 0 Å². The van der Waals surface area contributed by atoms with E-state index in [4.69, 9.17) is 9.47 Å². The third-order valence-corrected chi connectivity index (χ3v) is 4.28. The third kappa shape index (κ3) is 5.75. The van der Waals surface area contributed by atoms with Crippen LogP contribution in [0.5, 0.6) is 11.5 Å². The van der Waals surface area contributed by atoms with Crippen molar-refractivity contribution in [2.24, 2.45) is 4.99 Å². The van der Waals surface area contributed by atoms with E-state index in [2.05, 4.69) is 32.9 Å². The summed E-state index contributed by atoms with van der Waals surface area (Å²) in [6, 6.07) is 16.0. The topological polar surface area (TPSA) is 72.7 Å². The highest BCUT2D eigenvalue weighted by Crippen LogP contribution is 2.30. The highest BCUT2D eigenvalue weighted by molar-refractivity contribution is 5.93. The normalized spacial score (nSPS) is 11.2. The van der Waals surface area contributed by atoms with Crippen LogP contribution in [0.15, 0.2) is 65.9 Å². The van der Waals surface area contributed by atoms with Crippen molar-refractivity contribution in [1.82, 2.24) is 15.1 Å². The third-order valence-electron chi connectivity index (χ3n) is 4.28. The molecule has 0 unspecified atom stereocenters. The maximum atomic E-state index is 5.63. The summed E-state index contributed by atoms with van der Waals surface area (Å²) in [6.07, 6.45) is 3.90. The second kappa shape index (κ2) is 10.2. The van der Waals surface area contributed by atoms with E-state index in [1.807, 2.05) is 60.4 Å². The van der Waals surface area contributed by atoms with Crippen LogP contribution in [0.4, 0.5) is 5.69 Å². The van der Waals surface area contributed by atoms with Crippen LogP contribution in [0, 0.1) is 0 Å². The molecule has 0 radical (unpaired) electrons. The Morgan fingerprint density at radius 3 is 2.66 bits per heavy atom. The molecule has 3 rings (SSSR count). The molecule has 0 aliphatic carbocycles. The molecule has 152 valence electrons. The molecule has 0 amide bonds. The molecule has 0 fully saturated rings. The molecule has 3 aromatic rings. The maximum Gasteiger partial charge on any atom is 0.195 e. The fourth-order valence-electron chi connectivity index (χ4n) is 2.88. The van der Waals surface area contributed by atoms with Crippen molar-refractivity contribution in [2.75, 3.05) is 26.1 Å². The van der Waals surface area contributed by atoms with Crippen LogP contribution in [0.25, 0.3) is 0 Å². The molecule has 0 saturated carbocycles. The number of benzene rings is 2. The average Bonchev–Trinajstić information content (AvgIpc) is 3.19. The first-order chi connectivity index (χ1) is 14.2. The minimum atomic E-state index is 0.569. The lowest BCUT2D eigenvalue weighted by Gasteiger charge is -2.14. The molecule has 7 heteroatoms. The molecule has 1 heterocycles. The molecule has 7 nitrogen and oxygen atoms in total. The van der Waals surface area contributed by atoms with Crippen molar-refractivity contribution in [2.45, 2.75) is 20.0 Å². The molecular weight excluding hydrogens is 366 g/mol. The fourth-order valence-corrected chi connectivity index (χ4v) is 2.88. The number of nitrogens with zero attached hydrogens (tertiary/aromatic N) is 3. The van der Waals surface area contributed by atoms with Crippen LogP contribution in [0.1, 0.15) is 18.1 Å². The van der Waals surface area contributed by atoms with Crippen molar-refractivity contribution in [1.29, 1.82) is 0 Å². The van der Waals surface area contributed by atoms with E-state index in [1.165, 1.54) is 5.56 Å². The number of ether oxygens (including phenoxy) is 2. The monoisotopic (exact) mass is 393 g/mol. The summed E-state index contributed by atoms with van der Waals surface area (Å²) in [4.78, 5) is 4.29. The van der Waals surface area contributed by atoms with E-state index in [-0.39, 0.29) is 0 Å². The van der Waals surface area contributed by atoms with Gasteiger partial charge in [0.1, 0.15) is 0 Å². The summed E-state index contributed by atoms with van der Waals surface area (Å²) in [5, 5.41) is 11.0. The van der Waals surface area contributed by atoms with Gasteiger partial charge in [-0.1, -0.05) is 30.3 Å². The Kier molecular flexibility index (Phi) is 7.10. The van der Waals surface area contributed by atoms with Gasteiger partial charge in [0.05, 0.1) is 26.5 Å². The standard InChI is InChI=1S/C22H27N5O2/c1-4-29-21-12-19(10-11-20(21)28-3)26-22(23-2)24-13-18-14-25-27(16-18)15-17-8-6-5-7-9-17/h5-12,14,16H,4,13,15H2,1-3H3,(H2,23,24,26). The fraction of sp³-hybridized carbons (Fsp3) is 0.273. The van der Waals surface area contributed by atoms with E-state index in [0.717, 1.165) is 17.8 Å². The molecule has 2 aromatic carbocycles. The van der Waals surface area contributed by atoms with E-state index in [0.29, 0.717) is 30.6 Å². The maximum absolute atomic E-state index is 5.63. The van der Waals surface area contributed by atoms with Crippen LogP contribution in [0.3, 0.4) is 0 Å². The molecule has 29 heavy (non-hydrogen) atoms. The number of aliphatic imine (C=N–C) groups is 1. The van der Waals surface area contributed by atoms with Gasteiger partial charge in [-0.2, -0.15) is 5.10 Å². The summed E-state index contributed by atoms with van der Waals surface area (Å²) < 4.78 is 12.9. The van der Waals surface area contributed by atoms with Gasteiger partial charge in [0.2, 0.25) is 0 Å². The zero-order valence-electron chi connectivity index (χ0n) is 17.1. The zero-order chi connectivity index (χ0) is 20.5. The number of hydrogen-bond acceptors (Lipinski definition) is 4. The minimum absolute atomic E-state index is 0.569. The Hall–Kier alpha value is -3.48. The number of methoxy groups -OCH3 is 1. The first-order valence-electron chi connectivity index (χ1n) is 9.55. The van der Waals surface area contributed by atoms with Crippen LogP contribution in [-0.4, -0.2) is 36.5 Å². The number of anilines is 1. The summed E-state index contributed by atoms with van der Waals surface area (Å²) in [5.41, 5.74) is 3.16. The zero-order valence-corrected chi connectivity index (χ0v) is 17.1. The lowest BCUT2D eigenvalue weighted by atomic mass is 10.2. The number of rotatable bonds is 8. The molecule has 0 bridgehead atoms. The predicted molar refractivity (Wildman–Crippen MR) is 116 cm³/mol. The summed E-state index contributed by atoms with van der Waals surface area (Å²) >= 11 is 0. The quantitative estimate of drug-likeness (QED) is 0.452. The van der Waals surface area contributed by atoms with Crippen molar-refractivity contribution in [3.63, 3.8) is 0 Å². The highest BCUT2D eigenvalue weighted by atomic mass is 16.5. The largest absolute Gasteiger partial charge is 0.493 e. The van der Waals surface area contributed by atoms with Crippen molar-refractivity contribution >= 4 is 11.6 Å². The van der Waals surface area contributed by atoms with Crippen LogP contribution in [0.2, 0.25) is 0 Å². The summed E-state index contributed by atoms with van der Waals surface area (Å²) in [5.74, 6) is 2.05. The Balaban J connectivity index is 1.58. The van der Waals surface area contributed by atoms with E-state index in [9.17, 15) is 0 Å². The average molecular weight is 393 g/mol. The Morgan fingerprint density at radius 2 is 1.93 bits per heavy atom. The number of aromatic nitrogens is 2. The molecule has 0 aliphatic heterocycles. The van der Waals surface area contributed by atoms with Gasteiger partial charge >= 0.3 is 0 Å². The van der Waals surface area contributed by atoms with Crippen molar-refractivity contribution < 1.29 is 9.47 Å². The summed E-state index contributed by atoms with van der Waals surface area (Å²) in [7, 11) is 3.37. The van der Waals surface area contributed by atoms with Gasteiger partial charge < -0.3 is 20.1 Å². The highest BCUT2D eigenvalue weighted by Gasteiger charge is 2.07. The van der Waals surface area contributed by atoms with Crippen LogP contribution < -0.4 is 20.1 Å². The molecular formula is C22H27N5O2. The Labute approximate surface area is 171 Å². The van der Waals surface area contributed by atoms with Gasteiger partial charge in [-0.05, 0) is 24.6 Å². The van der Waals surface area contributed by atoms with E-state index >= 15 is 0 Å². The van der Waals surface area contributed by atoms with E-state index in [1.54, 1.807) is 14.2 Å². The predicted octanol–water partition coefficient (Wildman–Crippen LogP) is 3.53. The molecule has 2 N–H and O–H groups in total. The first-order valence-corrected chi connectivity index (χ1v) is 9.55. The summed E-state index contributed by atoms with van der Waals surface area (Å²) in [6.45, 7) is 3.88. The lowest BCUT2D eigenvalue weighted by molar-refractivity contribution is 0.311. The number of guanidine groups is 1. The molecule has 0 atom stereocenters. The van der Waals surface area contributed by atoms with E-state index < -0.39 is 0 Å². The smallest absolute Gasteiger partial charge is 0.195 e. The lowest BCUT2D eigenvalue weighted by Crippen LogP contribution is -2.30. The minimum Gasteiger partial charge on any atom is -0.493 e. The van der Waals surface area contributed by atoms with Gasteiger partial charge in [0.25, 0.3) is 0 Å². The number of nitrogens with one attached hydrogen (secondary N) is 2. The second-order valence-corrected chi connectivity index (χ2v) is 6.38. The van der Waals surface area contributed by atoms with Gasteiger partial charge in [0, 0.05) is 37.1 Å². The van der Waals surface area contributed by atoms with Gasteiger partial charge in [-0.3, -0.25) is 9.67 Å². The Bertz CT molecular complexity index is 937. The second-order valence-electron chi connectivity index (χ2n) is 6.38. The van der Waals surface area contributed by atoms with Crippen molar-refractivity contribution in [3.05, 3.63) is 72.1 Å². The van der Waals surface area contributed by atoms with Crippen molar-refractivity contribution in [3.8, 4) is 11.5 Å². The molecule has 0 saturated heterocycles. The van der Waals surface area contributed by atoms with Crippen LogP contribution >= 0.6 is 0 Å². The van der Waals surface area contributed by atoms with Crippen LogP contribution in [-0.2, 0) is 13.1 Å². The first kappa shape index (κ1) is 20.3. The van der Waals surface area contributed by atoms with Gasteiger partial charge in [-0.25, -0.2) is 0 Å². The Morgan fingerprint density at radius 1 is 1.10 bits per heavy atom. The SMILES string of the molecule is CCOc1cc(NC(=NC)NCc2cnn(Cc3ccccc3)c2)ccc1OC.